The van der Waals surface area contributed by atoms with Crippen LogP contribution in [0.15, 0.2) is 28.9 Å². The minimum absolute atomic E-state index is 0.000866. The third-order valence-electron chi connectivity index (χ3n) is 4.23. The highest BCUT2D eigenvalue weighted by Gasteiger charge is 2.32. The van der Waals surface area contributed by atoms with E-state index in [1.54, 1.807) is 0 Å². The largest absolute Gasteiger partial charge is 0.573 e. The molecule has 3 aromatic rings. The minimum Gasteiger partial charge on any atom is -0.477 e. The summed E-state index contributed by atoms with van der Waals surface area (Å²) in [7, 11) is 0. The first-order valence-corrected chi connectivity index (χ1v) is 8.99. The van der Waals surface area contributed by atoms with E-state index in [1.807, 2.05) is 0 Å². The molecule has 0 saturated heterocycles. The summed E-state index contributed by atoms with van der Waals surface area (Å²) in [6.45, 7) is 0. The lowest BCUT2D eigenvalue weighted by atomic mass is 9.93. The molecule has 12 heteroatoms. The van der Waals surface area contributed by atoms with Gasteiger partial charge in [0.15, 0.2) is 5.75 Å². The number of hydrogen-bond acceptors (Lipinski definition) is 6. The van der Waals surface area contributed by atoms with E-state index < -0.39 is 18.1 Å². The molecule has 0 saturated carbocycles. The van der Waals surface area contributed by atoms with Crippen LogP contribution in [0.25, 0.3) is 11.4 Å². The number of nitrogens with zero attached hydrogens (tertiary/aromatic N) is 3. The number of alkyl halides is 3. The fourth-order valence-electron chi connectivity index (χ4n) is 3.03. The predicted octanol–water partition coefficient (Wildman–Crippen LogP) is 4.07. The van der Waals surface area contributed by atoms with E-state index in [4.69, 9.17) is 0 Å². The SMILES string of the molecule is O=C(O)c1[nH]nc2c1CCc1cnc(Nc3cc(Br)ccc3OC(F)(F)F)nc1-2. The van der Waals surface area contributed by atoms with Gasteiger partial charge in [-0.2, -0.15) is 5.10 Å². The van der Waals surface area contributed by atoms with E-state index in [2.05, 4.69) is 46.1 Å². The van der Waals surface area contributed by atoms with Gasteiger partial charge in [-0.05, 0) is 36.6 Å². The zero-order valence-electron chi connectivity index (χ0n) is 14.3. The summed E-state index contributed by atoms with van der Waals surface area (Å²) in [6.07, 6.45) is -2.35. The van der Waals surface area contributed by atoms with Gasteiger partial charge in [0.2, 0.25) is 5.95 Å². The Bertz CT molecular complexity index is 1120. The molecule has 0 unspecified atom stereocenters. The van der Waals surface area contributed by atoms with Crippen molar-refractivity contribution in [3.63, 3.8) is 0 Å². The Hall–Kier alpha value is -3.15. The smallest absolute Gasteiger partial charge is 0.477 e. The van der Waals surface area contributed by atoms with Gasteiger partial charge < -0.3 is 15.2 Å². The number of H-pyrrole nitrogens is 1. The lowest BCUT2D eigenvalue weighted by molar-refractivity contribution is -0.274. The lowest BCUT2D eigenvalue weighted by Crippen LogP contribution is -2.18. The summed E-state index contributed by atoms with van der Waals surface area (Å²) in [5, 5.41) is 18.5. The first-order valence-electron chi connectivity index (χ1n) is 8.20. The number of carboxylic acid groups (broad SMARTS) is 1. The van der Waals surface area contributed by atoms with Crippen molar-refractivity contribution in [2.75, 3.05) is 5.32 Å². The van der Waals surface area contributed by atoms with Gasteiger partial charge in [-0.1, -0.05) is 15.9 Å². The Balaban J connectivity index is 1.71. The molecule has 3 N–H and O–H groups in total. The second kappa shape index (κ2) is 7.03. The van der Waals surface area contributed by atoms with Gasteiger partial charge in [0.05, 0.1) is 11.4 Å². The number of benzene rings is 1. The van der Waals surface area contributed by atoms with Crippen molar-refractivity contribution in [2.45, 2.75) is 19.2 Å². The average Bonchev–Trinajstić information content (AvgIpc) is 3.08. The van der Waals surface area contributed by atoms with Gasteiger partial charge in [-0.15, -0.1) is 13.2 Å². The van der Waals surface area contributed by atoms with Crippen LogP contribution in [0.4, 0.5) is 24.8 Å². The summed E-state index contributed by atoms with van der Waals surface area (Å²) < 4.78 is 42.6. The van der Waals surface area contributed by atoms with Crippen LogP contribution in [0.3, 0.4) is 0 Å². The quantitative estimate of drug-likeness (QED) is 0.527. The molecule has 0 spiro atoms. The number of anilines is 2. The highest BCUT2D eigenvalue weighted by atomic mass is 79.9. The van der Waals surface area contributed by atoms with E-state index >= 15 is 0 Å². The molecule has 4 rings (SSSR count). The Labute approximate surface area is 169 Å². The molecule has 0 fully saturated rings. The fraction of sp³-hybridized carbons (Fsp3) is 0.176. The predicted molar refractivity (Wildman–Crippen MR) is 98.1 cm³/mol. The molecule has 8 nitrogen and oxygen atoms in total. The maximum absolute atomic E-state index is 12.7. The highest BCUT2D eigenvalue weighted by Crippen LogP contribution is 2.36. The molecular formula is C17H11BrF3N5O3. The lowest BCUT2D eigenvalue weighted by Gasteiger charge is -2.17. The molecule has 0 atom stereocenters. The fourth-order valence-corrected chi connectivity index (χ4v) is 3.39. The Morgan fingerprint density at radius 1 is 1.28 bits per heavy atom. The van der Waals surface area contributed by atoms with Crippen molar-refractivity contribution in [2.24, 2.45) is 0 Å². The Kier molecular flexibility index (Phi) is 4.65. The number of nitrogens with one attached hydrogen (secondary N) is 2. The van der Waals surface area contributed by atoms with Crippen molar-refractivity contribution >= 4 is 33.5 Å². The van der Waals surface area contributed by atoms with Gasteiger partial charge in [-0.3, -0.25) is 5.10 Å². The van der Waals surface area contributed by atoms with Crippen LogP contribution in [0.2, 0.25) is 0 Å². The van der Waals surface area contributed by atoms with Gasteiger partial charge in [0.1, 0.15) is 11.4 Å². The van der Waals surface area contributed by atoms with Crippen molar-refractivity contribution in [1.29, 1.82) is 0 Å². The molecule has 0 aliphatic heterocycles. The van der Waals surface area contributed by atoms with Crippen LogP contribution in [0, 0.1) is 0 Å². The van der Waals surface area contributed by atoms with Gasteiger partial charge in [0, 0.05) is 16.2 Å². The van der Waals surface area contributed by atoms with Gasteiger partial charge in [0.25, 0.3) is 0 Å². The molecule has 0 radical (unpaired) electrons. The molecule has 150 valence electrons. The summed E-state index contributed by atoms with van der Waals surface area (Å²) >= 11 is 3.20. The number of aromatic nitrogens is 4. The van der Waals surface area contributed by atoms with Crippen LogP contribution >= 0.6 is 15.9 Å². The molecule has 1 aromatic carbocycles. The van der Waals surface area contributed by atoms with Gasteiger partial charge >= 0.3 is 12.3 Å². The summed E-state index contributed by atoms with van der Waals surface area (Å²) in [6, 6.07) is 3.96. The summed E-state index contributed by atoms with van der Waals surface area (Å²) in [5.74, 6) is -1.56. The van der Waals surface area contributed by atoms with Crippen LogP contribution in [0.5, 0.6) is 5.75 Å². The number of carbonyl (C=O) groups is 1. The molecule has 29 heavy (non-hydrogen) atoms. The van der Waals surface area contributed by atoms with Crippen molar-refractivity contribution in [3.8, 4) is 17.1 Å². The van der Waals surface area contributed by atoms with Crippen molar-refractivity contribution < 1.29 is 27.8 Å². The number of aryl methyl sites for hydroxylation is 1. The number of aromatic carboxylic acids is 1. The summed E-state index contributed by atoms with van der Waals surface area (Å²) in [5.41, 5.74) is 2.08. The standard InChI is InChI=1S/C17H11BrF3N5O3/c18-8-2-4-11(29-17(19,20)21)10(5-8)23-16-22-6-7-1-3-9-13(12(7)24-16)25-26-14(9)15(27)28/h2,4-6H,1,3H2,(H,25,26)(H,27,28)(H,22,23,24). The number of rotatable bonds is 4. The van der Waals surface area contributed by atoms with Crippen molar-refractivity contribution in [3.05, 3.63) is 45.7 Å². The minimum atomic E-state index is -4.86. The number of halogens is 4. The summed E-state index contributed by atoms with van der Waals surface area (Å²) in [4.78, 5) is 19.8. The normalized spacial score (nSPS) is 12.8. The second-order valence-electron chi connectivity index (χ2n) is 6.11. The molecule has 0 bridgehead atoms. The van der Waals surface area contributed by atoms with E-state index in [-0.39, 0.29) is 17.3 Å². The molecule has 0 amide bonds. The molecule has 2 aromatic heterocycles. The van der Waals surface area contributed by atoms with Crippen LogP contribution in [-0.2, 0) is 12.8 Å². The third-order valence-corrected chi connectivity index (χ3v) is 4.72. The molecule has 2 heterocycles. The van der Waals surface area contributed by atoms with Crippen LogP contribution < -0.4 is 10.1 Å². The van der Waals surface area contributed by atoms with E-state index in [0.717, 1.165) is 11.6 Å². The highest BCUT2D eigenvalue weighted by molar-refractivity contribution is 9.10. The Morgan fingerprint density at radius 3 is 2.79 bits per heavy atom. The van der Waals surface area contributed by atoms with E-state index in [9.17, 15) is 23.1 Å². The first-order chi connectivity index (χ1) is 13.7. The molecular weight excluding hydrogens is 459 g/mol. The topological polar surface area (TPSA) is 113 Å². The maximum Gasteiger partial charge on any atom is 0.573 e. The number of hydrogen-bond donors (Lipinski definition) is 3. The van der Waals surface area contributed by atoms with Crippen LogP contribution in [0.1, 0.15) is 21.6 Å². The van der Waals surface area contributed by atoms with E-state index in [1.165, 1.54) is 18.3 Å². The monoisotopic (exact) mass is 469 g/mol. The zero-order valence-corrected chi connectivity index (χ0v) is 15.9. The zero-order chi connectivity index (χ0) is 20.8. The molecule has 1 aliphatic rings. The maximum atomic E-state index is 12.7. The first kappa shape index (κ1) is 19.2. The van der Waals surface area contributed by atoms with Gasteiger partial charge in [-0.25, -0.2) is 14.8 Å². The number of ether oxygens (including phenoxy) is 1. The number of carboxylic acids is 1. The Morgan fingerprint density at radius 2 is 2.07 bits per heavy atom. The number of aromatic amines is 1. The number of fused-ring (bicyclic) bond motifs is 3. The van der Waals surface area contributed by atoms with Crippen LogP contribution in [-0.4, -0.2) is 37.6 Å². The molecule has 1 aliphatic carbocycles. The second-order valence-corrected chi connectivity index (χ2v) is 7.03. The van der Waals surface area contributed by atoms with E-state index in [0.29, 0.717) is 34.3 Å². The average molecular weight is 470 g/mol. The third kappa shape index (κ3) is 3.88. The van der Waals surface area contributed by atoms with Crippen molar-refractivity contribution in [1.82, 2.24) is 20.2 Å².